The van der Waals surface area contributed by atoms with E-state index in [4.69, 9.17) is 4.74 Å². The fraction of sp³-hybridized carbons (Fsp3) is 0.571. The summed E-state index contributed by atoms with van der Waals surface area (Å²) in [5.74, 6) is 0.643. The molecule has 2 fully saturated rings. The zero-order chi connectivity index (χ0) is 19.2. The molecule has 2 bridgehead atoms. The number of hydrogen-bond donors (Lipinski definition) is 0. The normalized spacial score (nSPS) is 22.8. The lowest BCUT2D eigenvalue weighted by Gasteiger charge is -2.31. The van der Waals surface area contributed by atoms with E-state index in [0.717, 1.165) is 52.2 Å². The van der Waals surface area contributed by atoms with Crippen LogP contribution < -0.4 is 0 Å². The summed E-state index contributed by atoms with van der Waals surface area (Å²) in [6.07, 6.45) is 5.62. The number of fused-ring (bicyclic) bond motifs is 3. The van der Waals surface area contributed by atoms with Crippen LogP contribution >= 0.6 is 0 Å². The van der Waals surface area contributed by atoms with Crippen molar-refractivity contribution < 1.29 is 9.53 Å². The molecule has 150 valence electrons. The Labute approximate surface area is 166 Å². The van der Waals surface area contributed by atoms with Gasteiger partial charge in [0.1, 0.15) is 12.7 Å². The molecule has 28 heavy (non-hydrogen) atoms. The quantitative estimate of drug-likeness (QED) is 0.724. The molecule has 0 saturated carbocycles. The summed E-state index contributed by atoms with van der Waals surface area (Å²) in [4.78, 5) is 21.4. The Morgan fingerprint density at radius 2 is 2.00 bits per heavy atom. The van der Waals surface area contributed by atoms with Gasteiger partial charge >= 0.3 is 0 Å². The van der Waals surface area contributed by atoms with Crippen LogP contribution in [0.2, 0.25) is 0 Å². The van der Waals surface area contributed by atoms with Crippen LogP contribution in [0, 0.1) is 5.92 Å². The number of carbonyl (C=O) groups excluding carboxylic acids is 1. The van der Waals surface area contributed by atoms with Crippen LogP contribution in [-0.4, -0.2) is 75.9 Å². The van der Waals surface area contributed by atoms with Gasteiger partial charge in [0.05, 0.1) is 19.3 Å². The minimum absolute atomic E-state index is 0.252. The second kappa shape index (κ2) is 9.30. The maximum Gasteiger partial charge on any atom is 0.222 e. The Kier molecular flexibility index (Phi) is 6.34. The highest BCUT2D eigenvalue weighted by Crippen LogP contribution is 2.21. The first kappa shape index (κ1) is 19.1. The van der Waals surface area contributed by atoms with E-state index in [-0.39, 0.29) is 11.9 Å². The van der Waals surface area contributed by atoms with Gasteiger partial charge in [0.25, 0.3) is 0 Å². The second-order valence-electron chi connectivity index (χ2n) is 7.85. The van der Waals surface area contributed by atoms with Crippen molar-refractivity contribution in [1.82, 2.24) is 24.6 Å². The van der Waals surface area contributed by atoms with Crippen molar-refractivity contribution in [3.05, 3.63) is 48.5 Å². The van der Waals surface area contributed by atoms with E-state index >= 15 is 0 Å². The van der Waals surface area contributed by atoms with E-state index in [1.807, 2.05) is 0 Å². The first-order valence-electron chi connectivity index (χ1n) is 10.2. The predicted molar refractivity (Wildman–Crippen MR) is 106 cm³/mol. The van der Waals surface area contributed by atoms with Gasteiger partial charge in [0.15, 0.2) is 0 Å². The Morgan fingerprint density at radius 1 is 1.11 bits per heavy atom. The SMILES string of the molecule is O=C(CCCn1cncn1)N1C[C@@H]2COC[C@H](C1)N(CCc1ccccc1)C2. The van der Waals surface area contributed by atoms with Gasteiger partial charge in [-0.25, -0.2) is 4.98 Å². The van der Waals surface area contributed by atoms with Crippen LogP contribution in [0.25, 0.3) is 0 Å². The molecule has 0 N–H and O–H groups in total. The minimum Gasteiger partial charge on any atom is -0.379 e. The largest absolute Gasteiger partial charge is 0.379 e. The second-order valence-corrected chi connectivity index (χ2v) is 7.85. The van der Waals surface area contributed by atoms with E-state index in [2.05, 4.69) is 50.2 Å². The molecule has 1 aromatic carbocycles. The fourth-order valence-corrected chi connectivity index (χ4v) is 4.22. The van der Waals surface area contributed by atoms with E-state index in [1.54, 1.807) is 11.0 Å². The Morgan fingerprint density at radius 3 is 2.82 bits per heavy atom. The third-order valence-corrected chi connectivity index (χ3v) is 5.71. The first-order valence-corrected chi connectivity index (χ1v) is 10.2. The number of amides is 1. The summed E-state index contributed by atoms with van der Waals surface area (Å²) < 4.78 is 7.69. The van der Waals surface area contributed by atoms with E-state index in [1.165, 1.54) is 11.9 Å². The van der Waals surface area contributed by atoms with Crippen molar-refractivity contribution in [2.75, 3.05) is 39.4 Å². The number of hydrogen-bond acceptors (Lipinski definition) is 5. The van der Waals surface area contributed by atoms with Crippen molar-refractivity contribution in [3.8, 4) is 0 Å². The summed E-state index contributed by atoms with van der Waals surface area (Å²) in [6, 6.07) is 10.9. The van der Waals surface area contributed by atoms with Gasteiger partial charge in [-0.1, -0.05) is 30.3 Å². The predicted octanol–water partition coefficient (Wildman–Crippen LogP) is 1.46. The molecule has 0 unspecified atom stereocenters. The average molecular weight is 383 g/mol. The van der Waals surface area contributed by atoms with Crippen molar-refractivity contribution in [2.45, 2.75) is 31.8 Å². The third kappa shape index (κ3) is 4.97. The van der Waals surface area contributed by atoms with E-state index < -0.39 is 0 Å². The van der Waals surface area contributed by atoms with Crippen molar-refractivity contribution >= 4 is 5.91 Å². The number of aryl methyl sites for hydroxylation is 1. The molecule has 1 aromatic heterocycles. The first-order chi connectivity index (χ1) is 13.8. The standard InChI is InChI=1S/C21H29N5O2/c27-21(7-4-9-26-17-22-16-23-26)25-12-19-11-24(20(13-25)15-28-14-19)10-8-18-5-2-1-3-6-18/h1-3,5-6,16-17,19-20H,4,7-15H2/t19-,20+/m1/s1. The van der Waals surface area contributed by atoms with Gasteiger partial charge < -0.3 is 9.64 Å². The van der Waals surface area contributed by atoms with Crippen LogP contribution in [0.3, 0.4) is 0 Å². The number of ether oxygens (including phenoxy) is 1. The lowest BCUT2D eigenvalue weighted by atomic mass is 10.1. The highest BCUT2D eigenvalue weighted by molar-refractivity contribution is 5.76. The fourth-order valence-electron chi connectivity index (χ4n) is 4.22. The smallest absolute Gasteiger partial charge is 0.222 e. The lowest BCUT2D eigenvalue weighted by molar-refractivity contribution is -0.133. The van der Waals surface area contributed by atoms with Crippen LogP contribution in [0.4, 0.5) is 0 Å². The Hall–Kier alpha value is -2.25. The molecule has 0 aliphatic carbocycles. The number of aromatic nitrogens is 3. The Bertz CT molecular complexity index is 737. The Balaban J connectivity index is 1.32. The van der Waals surface area contributed by atoms with Gasteiger partial charge in [-0.15, -0.1) is 0 Å². The van der Waals surface area contributed by atoms with Crippen molar-refractivity contribution in [3.63, 3.8) is 0 Å². The van der Waals surface area contributed by atoms with Gasteiger partial charge in [0, 0.05) is 45.1 Å². The highest BCUT2D eigenvalue weighted by atomic mass is 16.5. The average Bonchev–Trinajstić information content (AvgIpc) is 3.06. The highest BCUT2D eigenvalue weighted by Gasteiger charge is 2.34. The lowest BCUT2D eigenvalue weighted by Crippen LogP contribution is -2.46. The molecule has 3 heterocycles. The maximum absolute atomic E-state index is 12.8. The van der Waals surface area contributed by atoms with Gasteiger partial charge in [-0.05, 0) is 18.4 Å². The molecular weight excluding hydrogens is 354 g/mol. The molecule has 0 spiro atoms. The molecule has 2 aliphatic rings. The van der Waals surface area contributed by atoms with Gasteiger partial charge in [0.2, 0.25) is 5.91 Å². The third-order valence-electron chi connectivity index (χ3n) is 5.71. The van der Waals surface area contributed by atoms with E-state index in [9.17, 15) is 4.79 Å². The van der Waals surface area contributed by atoms with Crippen LogP contribution in [-0.2, 0) is 22.5 Å². The molecule has 2 atom stereocenters. The van der Waals surface area contributed by atoms with Crippen molar-refractivity contribution in [1.29, 1.82) is 0 Å². The number of nitrogens with zero attached hydrogens (tertiary/aromatic N) is 5. The molecule has 4 rings (SSSR count). The molecule has 2 saturated heterocycles. The van der Waals surface area contributed by atoms with Gasteiger partial charge in [-0.2, -0.15) is 5.10 Å². The van der Waals surface area contributed by atoms with Crippen molar-refractivity contribution in [2.24, 2.45) is 5.92 Å². The van der Waals surface area contributed by atoms with Gasteiger partial charge in [-0.3, -0.25) is 14.4 Å². The number of rotatable bonds is 7. The molecular formula is C21H29N5O2. The minimum atomic E-state index is 0.252. The molecule has 0 radical (unpaired) electrons. The monoisotopic (exact) mass is 383 g/mol. The summed E-state index contributed by atoms with van der Waals surface area (Å²) >= 11 is 0. The molecule has 2 aromatic rings. The zero-order valence-corrected chi connectivity index (χ0v) is 16.3. The summed E-state index contributed by atoms with van der Waals surface area (Å²) in [5, 5.41) is 4.10. The van der Waals surface area contributed by atoms with Crippen LogP contribution in [0.1, 0.15) is 18.4 Å². The van der Waals surface area contributed by atoms with Crippen LogP contribution in [0.15, 0.2) is 43.0 Å². The molecule has 7 heteroatoms. The number of benzene rings is 1. The number of carbonyl (C=O) groups is 1. The zero-order valence-electron chi connectivity index (χ0n) is 16.3. The van der Waals surface area contributed by atoms with Crippen LogP contribution in [0.5, 0.6) is 0 Å². The summed E-state index contributed by atoms with van der Waals surface area (Å²) in [6.45, 7) is 5.81. The maximum atomic E-state index is 12.8. The molecule has 2 aliphatic heterocycles. The van der Waals surface area contributed by atoms with E-state index in [0.29, 0.717) is 18.9 Å². The molecule has 1 amide bonds. The molecule has 7 nitrogen and oxygen atoms in total. The summed E-state index contributed by atoms with van der Waals surface area (Å²) in [7, 11) is 0. The summed E-state index contributed by atoms with van der Waals surface area (Å²) in [5.41, 5.74) is 1.36. The topological polar surface area (TPSA) is 63.5 Å².